The summed E-state index contributed by atoms with van der Waals surface area (Å²) in [5.41, 5.74) is 0.902. The predicted molar refractivity (Wildman–Crippen MR) is 93.9 cm³/mol. The van der Waals surface area contributed by atoms with Crippen LogP contribution in [0.3, 0.4) is 0 Å². The molecule has 0 radical (unpaired) electrons. The lowest BCUT2D eigenvalue weighted by atomic mass is 10.3. The molecule has 0 bridgehead atoms. The van der Waals surface area contributed by atoms with Crippen LogP contribution in [0.15, 0.2) is 41.8 Å². The summed E-state index contributed by atoms with van der Waals surface area (Å²) in [7, 11) is 0. The maximum Gasteiger partial charge on any atom is 0.258 e. The number of halogens is 1. The molecule has 124 valence electrons. The molecule has 7 heteroatoms. The minimum Gasteiger partial charge on any atom is -0.481 e. The van der Waals surface area contributed by atoms with Crippen LogP contribution in [0, 0.1) is 12.7 Å². The molecule has 0 saturated heterocycles. The lowest BCUT2D eigenvalue weighted by molar-refractivity contribution is -0.123. The topological polar surface area (TPSA) is 51.2 Å². The van der Waals surface area contributed by atoms with Crippen LogP contribution in [0.2, 0.25) is 0 Å². The number of para-hydroxylation sites is 1. The maximum atomic E-state index is 13.4. The van der Waals surface area contributed by atoms with Crippen molar-refractivity contribution in [1.82, 2.24) is 10.3 Å². The molecule has 0 atom stereocenters. The Bertz CT molecular complexity index is 831. The number of ether oxygens (including phenoxy) is 1. The second-order valence-electron chi connectivity index (χ2n) is 5.00. The van der Waals surface area contributed by atoms with Gasteiger partial charge in [-0.25, -0.2) is 9.37 Å². The highest BCUT2D eigenvalue weighted by Gasteiger charge is 2.12. The number of hydrogen-bond donors (Lipinski definition) is 1. The van der Waals surface area contributed by atoms with Crippen molar-refractivity contribution in [1.29, 1.82) is 0 Å². The van der Waals surface area contributed by atoms with E-state index in [1.165, 1.54) is 12.1 Å². The van der Waals surface area contributed by atoms with Gasteiger partial charge in [0.15, 0.2) is 18.2 Å². The monoisotopic (exact) mass is 362 g/mol. The minimum atomic E-state index is -0.482. The Labute approximate surface area is 146 Å². The third kappa shape index (κ3) is 3.98. The molecule has 24 heavy (non-hydrogen) atoms. The summed E-state index contributed by atoms with van der Waals surface area (Å²) in [6, 6.07) is 10.0. The Kier molecular flexibility index (Phi) is 5.22. The number of aromatic nitrogens is 1. The number of rotatable bonds is 6. The van der Waals surface area contributed by atoms with Crippen LogP contribution in [-0.2, 0) is 11.3 Å². The molecular formula is C17H15FN2O2S2. The van der Waals surface area contributed by atoms with Gasteiger partial charge in [-0.15, -0.1) is 22.7 Å². The summed E-state index contributed by atoms with van der Waals surface area (Å²) in [4.78, 5) is 18.5. The molecule has 0 spiro atoms. The lowest BCUT2D eigenvalue weighted by Crippen LogP contribution is -2.28. The van der Waals surface area contributed by atoms with E-state index in [-0.39, 0.29) is 18.3 Å². The van der Waals surface area contributed by atoms with Gasteiger partial charge in [0.05, 0.1) is 17.1 Å². The van der Waals surface area contributed by atoms with E-state index in [2.05, 4.69) is 10.3 Å². The van der Waals surface area contributed by atoms with Crippen molar-refractivity contribution in [2.75, 3.05) is 6.61 Å². The first-order chi connectivity index (χ1) is 11.6. The number of benzene rings is 1. The summed E-state index contributed by atoms with van der Waals surface area (Å²) in [6.45, 7) is 2.08. The van der Waals surface area contributed by atoms with Crippen molar-refractivity contribution < 1.29 is 13.9 Å². The molecule has 2 heterocycles. The number of carbonyl (C=O) groups is 1. The molecule has 0 aliphatic carbocycles. The van der Waals surface area contributed by atoms with Crippen LogP contribution in [-0.4, -0.2) is 17.5 Å². The van der Waals surface area contributed by atoms with E-state index in [9.17, 15) is 9.18 Å². The number of thiophene rings is 1. The molecule has 0 aliphatic rings. The Morgan fingerprint density at radius 2 is 2.12 bits per heavy atom. The fraction of sp³-hybridized carbons (Fsp3) is 0.176. The fourth-order valence-corrected chi connectivity index (χ4v) is 3.83. The molecule has 3 aromatic rings. The molecule has 0 aliphatic heterocycles. The zero-order valence-corrected chi connectivity index (χ0v) is 14.5. The number of thiazole rings is 1. The van der Waals surface area contributed by atoms with Gasteiger partial charge in [0.25, 0.3) is 5.91 Å². The van der Waals surface area contributed by atoms with Crippen molar-refractivity contribution in [3.05, 3.63) is 58.2 Å². The first-order valence-electron chi connectivity index (χ1n) is 7.27. The summed E-state index contributed by atoms with van der Waals surface area (Å²) in [5.74, 6) is -0.713. The van der Waals surface area contributed by atoms with Crippen LogP contribution in [0.25, 0.3) is 9.88 Å². The van der Waals surface area contributed by atoms with Gasteiger partial charge in [-0.3, -0.25) is 4.79 Å². The van der Waals surface area contributed by atoms with Crippen LogP contribution in [0.1, 0.15) is 10.6 Å². The van der Waals surface area contributed by atoms with E-state index >= 15 is 0 Å². The quantitative estimate of drug-likeness (QED) is 0.721. The van der Waals surface area contributed by atoms with E-state index in [0.29, 0.717) is 6.54 Å². The Morgan fingerprint density at radius 1 is 1.29 bits per heavy atom. The zero-order valence-electron chi connectivity index (χ0n) is 12.9. The Hall–Kier alpha value is -2.25. The van der Waals surface area contributed by atoms with E-state index in [0.717, 1.165) is 20.5 Å². The second-order valence-corrected chi connectivity index (χ2v) is 7.03. The predicted octanol–water partition coefficient (Wildman–Crippen LogP) is 4.01. The number of carbonyl (C=O) groups excluding carboxylic acids is 1. The molecular weight excluding hydrogens is 347 g/mol. The van der Waals surface area contributed by atoms with Gasteiger partial charge in [-0.05, 0) is 30.5 Å². The van der Waals surface area contributed by atoms with Crippen molar-refractivity contribution >= 4 is 28.6 Å². The van der Waals surface area contributed by atoms with Crippen LogP contribution < -0.4 is 10.1 Å². The fourth-order valence-electron chi connectivity index (χ4n) is 2.03. The average Bonchev–Trinajstić information content (AvgIpc) is 3.22. The molecule has 0 saturated carbocycles. The van der Waals surface area contributed by atoms with Gasteiger partial charge in [-0.2, -0.15) is 0 Å². The van der Waals surface area contributed by atoms with E-state index < -0.39 is 5.82 Å². The number of amides is 1. The van der Waals surface area contributed by atoms with Gasteiger partial charge in [-0.1, -0.05) is 18.2 Å². The first-order valence-corrected chi connectivity index (χ1v) is 8.97. The van der Waals surface area contributed by atoms with Crippen LogP contribution >= 0.6 is 22.7 Å². The SMILES string of the molecule is Cc1nc(-c2cccs2)sc1CNC(=O)COc1ccccc1F. The van der Waals surface area contributed by atoms with Crippen molar-refractivity contribution in [3.8, 4) is 15.6 Å². The summed E-state index contributed by atoms with van der Waals surface area (Å²) >= 11 is 3.19. The Morgan fingerprint density at radius 3 is 2.88 bits per heavy atom. The van der Waals surface area contributed by atoms with E-state index in [1.807, 2.05) is 24.4 Å². The number of nitrogens with zero attached hydrogens (tertiary/aromatic N) is 1. The highest BCUT2D eigenvalue weighted by atomic mass is 32.1. The van der Waals surface area contributed by atoms with Crippen molar-refractivity contribution in [3.63, 3.8) is 0 Å². The lowest BCUT2D eigenvalue weighted by Gasteiger charge is -2.07. The molecule has 2 aromatic heterocycles. The summed E-state index contributed by atoms with van der Waals surface area (Å²) < 4.78 is 18.6. The van der Waals surface area contributed by atoms with E-state index in [1.54, 1.807) is 34.8 Å². The second kappa shape index (κ2) is 7.55. The molecule has 1 N–H and O–H groups in total. The highest BCUT2D eigenvalue weighted by molar-refractivity contribution is 7.21. The summed E-state index contributed by atoms with van der Waals surface area (Å²) in [5, 5.41) is 5.74. The molecule has 4 nitrogen and oxygen atoms in total. The van der Waals surface area contributed by atoms with Gasteiger partial charge in [0.2, 0.25) is 0 Å². The van der Waals surface area contributed by atoms with Crippen molar-refractivity contribution in [2.45, 2.75) is 13.5 Å². The molecule has 0 fully saturated rings. The zero-order chi connectivity index (χ0) is 16.9. The van der Waals surface area contributed by atoms with Crippen LogP contribution in [0.5, 0.6) is 5.75 Å². The third-order valence-corrected chi connectivity index (χ3v) is 5.46. The molecule has 0 unspecified atom stereocenters. The summed E-state index contributed by atoms with van der Waals surface area (Å²) in [6.07, 6.45) is 0. The molecule has 3 rings (SSSR count). The van der Waals surface area contributed by atoms with Crippen molar-refractivity contribution in [2.24, 2.45) is 0 Å². The van der Waals surface area contributed by atoms with Gasteiger partial charge < -0.3 is 10.1 Å². The largest absolute Gasteiger partial charge is 0.481 e. The number of aryl methyl sites for hydroxylation is 1. The normalized spacial score (nSPS) is 10.6. The standard InChI is InChI=1S/C17H15FN2O2S2/c1-11-15(24-17(20-11)14-7-4-8-23-14)9-19-16(21)10-22-13-6-3-2-5-12(13)18/h2-8H,9-10H2,1H3,(H,19,21). The Balaban J connectivity index is 1.54. The van der Waals surface area contributed by atoms with Crippen LogP contribution in [0.4, 0.5) is 4.39 Å². The highest BCUT2D eigenvalue weighted by Crippen LogP contribution is 2.30. The maximum absolute atomic E-state index is 13.4. The third-order valence-electron chi connectivity index (χ3n) is 3.27. The molecule has 1 aromatic carbocycles. The smallest absolute Gasteiger partial charge is 0.258 e. The van der Waals surface area contributed by atoms with Gasteiger partial charge >= 0.3 is 0 Å². The molecule has 1 amide bonds. The number of nitrogens with one attached hydrogen (secondary N) is 1. The van der Waals surface area contributed by atoms with Gasteiger partial charge in [0, 0.05) is 4.88 Å². The van der Waals surface area contributed by atoms with Gasteiger partial charge in [0.1, 0.15) is 5.01 Å². The minimum absolute atomic E-state index is 0.0709. The van der Waals surface area contributed by atoms with E-state index in [4.69, 9.17) is 4.74 Å². The number of hydrogen-bond acceptors (Lipinski definition) is 5. The average molecular weight is 362 g/mol. The first kappa shape index (κ1) is 16.6.